The molecule has 5 nitrogen and oxygen atoms in total. The first-order chi connectivity index (χ1) is 10.3. The second kappa shape index (κ2) is 5.85. The summed E-state index contributed by atoms with van der Waals surface area (Å²) in [6, 6.07) is 15.8. The zero-order valence-electron chi connectivity index (χ0n) is 11.9. The van der Waals surface area contributed by atoms with Crippen molar-refractivity contribution in [1.29, 1.82) is 0 Å². The fourth-order valence-corrected chi connectivity index (χ4v) is 2.23. The van der Waals surface area contributed by atoms with E-state index in [1.807, 2.05) is 60.1 Å². The number of aromatic nitrogens is 2. The molecule has 3 N–H and O–H groups in total. The number of nitrogens with one attached hydrogen (secondary N) is 1. The minimum atomic E-state index is 0.502. The van der Waals surface area contributed by atoms with Gasteiger partial charge in [-0.15, -0.1) is 0 Å². The van der Waals surface area contributed by atoms with Crippen LogP contribution in [0.15, 0.2) is 48.5 Å². The summed E-state index contributed by atoms with van der Waals surface area (Å²) in [6.45, 7) is 1.01. The van der Waals surface area contributed by atoms with Crippen LogP contribution in [-0.2, 0) is 7.05 Å². The maximum atomic E-state index is 5.53. The van der Waals surface area contributed by atoms with E-state index in [1.54, 1.807) is 0 Å². The first-order valence-corrected chi connectivity index (χ1v) is 6.89. The van der Waals surface area contributed by atoms with Crippen LogP contribution in [0.2, 0.25) is 0 Å². The van der Waals surface area contributed by atoms with Gasteiger partial charge in [-0.3, -0.25) is 0 Å². The summed E-state index contributed by atoms with van der Waals surface area (Å²) in [5.74, 6) is 1.59. The van der Waals surface area contributed by atoms with Gasteiger partial charge in [0, 0.05) is 25.3 Å². The Kier molecular flexibility index (Phi) is 3.75. The predicted octanol–water partition coefficient (Wildman–Crippen LogP) is 2.65. The van der Waals surface area contributed by atoms with E-state index in [4.69, 9.17) is 10.5 Å². The van der Waals surface area contributed by atoms with E-state index in [-0.39, 0.29) is 0 Å². The maximum absolute atomic E-state index is 5.53. The lowest BCUT2D eigenvalue weighted by Crippen LogP contribution is -2.10. The van der Waals surface area contributed by atoms with E-state index in [0.29, 0.717) is 13.2 Å². The van der Waals surface area contributed by atoms with Gasteiger partial charge in [0.05, 0.1) is 11.0 Å². The van der Waals surface area contributed by atoms with Crippen LogP contribution in [-0.4, -0.2) is 22.7 Å². The Morgan fingerprint density at radius 3 is 2.86 bits per heavy atom. The number of anilines is 2. The number of nitrogens with zero attached hydrogens (tertiary/aromatic N) is 2. The van der Waals surface area contributed by atoms with Crippen LogP contribution < -0.4 is 15.8 Å². The van der Waals surface area contributed by atoms with E-state index in [0.717, 1.165) is 28.4 Å². The van der Waals surface area contributed by atoms with Gasteiger partial charge in [0.25, 0.3) is 0 Å². The fraction of sp³-hybridized carbons (Fsp3) is 0.188. The Morgan fingerprint density at radius 1 is 1.19 bits per heavy atom. The molecule has 0 saturated carbocycles. The summed E-state index contributed by atoms with van der Waals surface area (Å²) in [7, 11) is 1.99. The number of aryl methyl sites for hydroxylation is 1. The number of imidazole rings is 1. The number of hydrogen-bond acceptors (Lipinski definition) is 4. The molecule has 21 heavy (non-hydrogen) atoms. The lowest BCUT2D eigenvalue weighted by Gasteiger charge is -2.09. The van der Waals surface area contributed by atoms with Crippen LogP contribution in [0.4, 0.5) is 11.6 Å². The van der Waals surface area contributed by atoms with Crippen molar-refractivity contribution < 1.29 is 4.74 Å². The third-order valence-electron chi connectivity index (χ3n) is 3.26. The second-order valence-electron chi connectivity index (χ2n) is 4.77. The van der Waals surface area contributed by atoms with Gasteiger partial charge in [0.2, 0.25) is 5.95 Å². The Labute approximate surface area is 123 Å². The molecule has 0 amide bonds. The highest BCUT2D eigenvalue weighted by Gasteiger charge is 2.07. The smallest absolute Gasteiger partial charge is 0.208 e. The van der Waals surface area contributed by atoms with Gasteiger partial charge in [0.15, 0.2) is 0 Å². The zero-order valence-corrected chi connectivity index (χ0v) is 11.9. The molecular weight excluding hydrogens is 264 g/mol. The minimum Gasteiger partial charge on any atom is -0.492 e. The highest BCUT2D eigenvalue weighted by atomic mass is 16.5. The number of hydrogen-bond donors (Lipinski definition) is 2. The Bertz CT molecular complexity index is 751. The van der Waals surface area contributed by atoms with Crippen LogP contribution in [0, 0.1) is 0 Å². The van der Waals surface area contributed by atoms with Crippen LogP contribution in [0.1, 0.15) is 0 Å². The van der Waals surface area contributed by atoms with Crippen molar-refractivity contribution in [2.45, 2.75) is 0 Å². The zero-order chi connectivity index (χ0) is 14.7. The third-order valence-corrected chi connectivity index (χ3v) is 3.26. The molecule has 1 aromatic heterocycles. The molecule has 0 fully saturated rings. The number of benzene rings is 2. The molecule has 0 radical (unpaired) electrons. The van der Waals surface area contributed by atoms with Crippen LogP contribution in [0.25, 0.3) is 11.0 Å². The molecule has 0 atom stereocenters. The summed E-state index contributed by atoms with van der Waals surface area (Å²) in [6.07, 6.45) is 0. The molecule has 108 valence electrons. The minimum absolute atomic E-state index is 0.502. The van der Waals surface area contributed by atoms with E-state index < -0.39 is 0 Å². The molecule has 0 aliphatic rings. The van der Waals surface area contributed by atoms with Crippen molar-refractivity contribution in [3.8, 4) is 5.75 Å². The SMILES string of the molecule is Cn1c(Nc2cccc(OCCN)c2)nc2ccccc21. The maximum Gasteiger partial charge on any atom is 0.208 e. The van der Waals surface area contributed by atoms with E-state index >= 15 is 0 Å². The number of rotatable bonds is 5. The van der Waals surface area contributed by atoms with Gasteiger partial charge in [-0.1, -0.05) is 18.2 Å². The topological polar surface area (TPSA) is 65.1 Å². The lowest BCUT2D eigenvalue weighted by molar-refractivity contribution is 0.328. The molecule has 0 aliphatic heterocycles. The quantitative estimate of drug-likeness (QED) is 0.755. The first kappa shape index (κ1) is 13.5. The first-order valence-electron chi connectivity index (χ1n) is 6.89. The summed E-state index contributed by atoms with van der Waals surface area (Å²) < 4.78 is 7.56. The van der Waals surface area contributed by atoms with Crippen molar-refractivity contribution >= 4 is 22.7 Å². The van der Waals surface area contributed by atoms with Crippen molar-refractivity contribution in [3.63, 3.8) is 0 Å². The number of nitrogens with two attached hydrogens (primary N) is 1. The standard InChI is InChI=1S/C16H18N4O/c1-20-15-8-3-2-7-14(15)19-16(20)18-12-5-4-6-13(11-12)21-10-9-17/h2-8,11H,9-10,17H2,1H3,(H,18,19). The molecular formula is C16H18N4O. The molecule has 5 heteroatoms. The Morgan fingerprint density at radius 2 is 2.05 bits per heavy atom. The van der Waals surface area contributed by atoms with Gasteiger partial charge in [-0.05, 0) is 24.3 Å². The normalized spacial score (nSPS) is 10.8. The molecule has 1 heterocycles. The van der Waals surface area contributed by atoms with Crippen molar-refractivity contribution in [2.75, 3.05) is 18.5 Å². The van der Waals surface area contributed by atoms with Crippen LogP contribution >= 0.6 is 0 Å². The molecule has 0 unspecified atom stereocenters. The van der Waals surface area contributed by atoms with Crippen molar-refractivity contribution in [1.82, 2.24) is 9.55 Å². The van der Waals surface area contributed by atoms with Gasteiger partial charge in [0.1, 0.15) is 12.4 Å². The van der Waals surface area contributed by atoms with Crippen LogP contribution in [0.5, 0.6) is 5.75 Å². The van der Waals surface area contributed by atoms with Crippen LogP contribution in [0.3, 0.4) is 0 Å². The second-order valence-corrected chi connectivity index (χ2v) is 4.77. The number of ether oxygens (including phenoxy) is 1. The van der Waals surface area contributed by atoms with Gasteiger partial charge < -0.3 is 20.4 Å². The summed E-state index contributed by atoms with van der Waals surface area (Å²) in [5, 5.41) is 3.32. The fourth-order valence-electron chi connectivity index (χ4n) is 2.23. The highest BCUT2D eigenvalue weighted by Crippen LogP contribution is 2.23. The predicted molar refractivity (Wildman–Crippen MR) is 85.0 cm³/mol. The van der Waals surface area contributed by atoms with Gasteiger partial charge >= 0.3 is 0 Å². The molecule has 0 bridgehead atoms. The number of para-hydroxylation sites is 2. The van der Waals surface area contributed by atoms with Gasteiger partial charge in [-0.25, -0.2) is 4.98 Å². The average molecular weight is 282 g/mol. The molecule has 0 aliphatic carbocycles. The Hall–Kier alpha value is -2.53. The molecule has 3 aromatic rings. The summed E-state index contributed by atoms with van der Waals surface area (Å²) in [5.41, 5.74) is 8.44. The molecule has 0 saturated heterocycles. The lowest BCUT2D eigenvalue weighted by atomic mass is 10.3. The van der Waals surface area contributed by atoms with Crippen molar-refractivity contribution in [3.05, 3.63) is 48.5 Å². The molecule has 0 spiro atoms. The Balaban J connectivity index is 1.86. The van der Waals surface area contributed by atoms with E-state index in [9.17, 15) is 0 Å². The van der Waals surface area contributed by atoms with E-state index in [2.05, 4.69) is 10.3 Å². The van der Waals surface area contributed by atoms with Crippen molar-refractivity contribution in [2.24, 2.45) is 12.8 Å². The molecule has 2 aromatic carbocycles. The van der Waals surface area contributed by atoms with E-state index in [1.165, 1.54) is 0 Å². The number of fused-ring (bicyclic) bond motifs is 1. The summed E-state index contributed by atoms with van der Waals surface area (Å²) >= 11 is 0. The monoisotopic (exact) mass is 282 g/mol. The average Bonchev–Trinajstić information content (AvgIpc) is 2.82. The van der Waals surface area contributed by atoms with Gasteiger partial charge in [-0.2, -0.15) is 0 Å². The third kappa shape index (κ3) is 2.83. The largest absolute Gasteiger partial charge is 0.492 e. The summed E-state index contributed by atoms with van der Waals surface area (Å²) in [4.78, 5) is 4.59. The molecule has 3 rings (SSSR count). The highest BCUT2D eigenvalue weighted by molar-refractivity contribution is 5.79.